The van der Waals surface area contributed by atoms with Gasteiger partial charge in [-0.2, -0.15) is 0 Å². The number of hydrogen-bond acceptors (Lipinski definition) is 4. The van der Waals surface area contributed by atoms with Crippen molar-refractivity contribution in [3.63, 3.8) is 0 Å². The smallest absolute Gasteiger partial charge is 0.273 e. The van der Waals surface area contributed by atoms with E-state index in [-0.39, 0.29) is 23.7 Å². The minimum Gasteiger partial charge on any atom is -0.446 e. The van der Waals surface area contributed by atoms with Crippen LogP contribution >= 0.6 is 0 Å². The van der Waals surface area contributed by atoms with Crippen LogP contribution < -0.4 is 11.1 Å². The number of carbonyl (C=O) groups is 1. The highest BCUT2D eigenvalue weighted by Gasteiger charge is 2.20. The van der Waals surface area contributed by atoms with Gasteiger partial charge in [0.2, 0.25) is 5.89 Å². The SMILES string of the molecule is CC(N)c1nc(C(=O)NC(c2ccccc2)c2ccccc2)co1. The molecule has 5 nitrogen and oxygen atoms in total. The molecule has 0 saturated carbocycles. The molecular formula is C19H19N3O2. The number of carbonyl (C=O) groups excluding carboxylic acids is 1. The van der Waals surface area contributed by atoms with Crippen molar-refractivity contribution in [2.75, 3.05) is 0 Å². The summed E-state index contributed by atoms with van der Waals surface area (Å²) in [6.07, 6.45) is 1.33. The third-order valence-electron chi connectivity index (χ3n) is 3.69. The number of aromatic nitrogens is 1. The minimum atomic E-state index is -0.356. The molecule has 1 atom stereocenters. The van der Waals surface area contributed by atoms with E-state index in [0.29, 0.717) is 5.89 Å². The van der Waals surface area contributed by atoms with E-state index in [9.17, 15) is 4.79 Å². The van der Waals surface area contributed by atoms with Crippen LogP contribution in [0.25, 0.3) is 0 Å². The van der Waals surface area contributed by atoms with Crippen LogP contribution in [0.4, 0.5) is 0 Å². The van der Waals surface area contributed by atoms with Gasteiger partial charge in [-0.1, -0.05) is 60.7 Å². The summed E-state index contributed by atoms with van der Waals surface area (Å²) >= 11 is 0. The number of nitrogens with one attached hydrogen (secondary N) is 1. The highest BCUT2D eigenvalue weighted by Crippen LogP contribution is 2.22. The van der Waals surface area contributed by atoms with Crippen molar-refractivity contribution >= 4 is 5.91 Å². The fourth-order valence-electron chi connectivity index (χ4n) is 2.46. The molecule has 24 heavy (non-hydrogen) atoms. The summed E-state index contributed by atoms with van der Waals surface area (Å²) in [5.41, 5.74) is 7.93. The molecule has 0 radical (unpaired) electrons. The molecule has 0 aliphatic heterocycles. The first-order valence-corrected chi connectivity index (χ1v) is 7.77. The first-order chi connectivity index (χ1) is 11.6. The van der Waals surface area contributed by atoms with Gasteiger partial charge in [-0.15, -0.1) is 0 Å². The highest BCUT2D eigenvalue weighted by atomic mass is 16.3. The summed E-state index contributed by atoms with van der Waals surface area (Å²) in [5.74, 6) is 0.0412. The zero-order valence-electron chi connectivity index (χ0n) is 13.3. The molecule has 5 heteroatoms. The summed E-state index contributed by atoms with van der Waals surface area (Å²) in [6, 6.07) is 19.0. The van der Waals surface area contributed by atoms with E-state index >= 15 is 0 Å². The maximum Gasteiger partial charge on any atom is 0.273 e. The molecule has 0 bridgehead atoms. The molecule has 1 heterocycles. The first kappa shape index (κ1) is 16.0. The minimum absolute atomic E-state index is 0.221. The van der Waals surface area contributed by atoms with E-state index < -0.39 is 0 Å². The number of oxazole rings is 1. The van der Waals surface area contributed by atoms with Gasteiger partial charge in [0.1, 0.15) is 6.26 Å². The molecule has 1 amide bonds. The van der Waals surface area contributed by atoms with Gasteiger partial charge in [0, 0.05) is 0 Å². The van der Waals surface area contributed by atoms with Crippen LogP contribution in [0.5, 0.6) is 0 Å². The molecule has 3 N–H and O–H groups in total. The predicted molar refractivity (Wildman–Crippen MR) is 91.3 cm³/mol. The van der Waals surface area contributed by atoms with Crippen LogP contribution in [-0.2, 0) is 0 Å². The zero-order chi connectivity index (χ0) is 16.9. The Morgan fingerprint density at radius 2 is 1.58 bits per heavy atom. The second-order valence-corrected chi connectivity index (χ2v) is 5.59. The number of nitrogens with zero attached hydrogens (tertiary/aromatic N) is 1. The molecule has 0 aliphatic carbocycles. The zero-order valence-corrected chi connectivity index (χ0v) is 13.3. The molecule has 3 aromatic rings. The summed E-state index contributed by atoms with van der Waals surface area (Å²) in [6.45, 7) is 1.75. The van der Waals surface area contributed by atoms with Gasteiger partial charge in [0.05, 0.1) is 12.1 Å². The molecular weight excluding hydrogens is 302 g/mol. The van der Waals surface area contributed by atoms with Gasteiger partial charge >= 0.3 is 0 Å². The quantitative estimate of drug-likeness (QED) is 0.756. The van der Waals surface area contributed by atoms with Crippen LogP contribution in [0.1, 0.15) is 46.5 Å². The molecule has 1 unspecified atom stereocenters. The van der Waals surface area contributed by atoms with Crippen molar-refractivity contribution in [3.05, 3.63) is 89.6 Å². The Balaban J connectivity index is 1.88. The van der Waals surface area contributed by atoms with Gasteiger partial charge in [-0.3, -0.25) is 4.79 Å². The molecule has 2 aromatic carbocycles. The number of nitrogens with two attached hydrogens (primary N) is 1. The van der Waals surface area contributed by atoms with Crippen LogP contribution in [-0.4, -0.2) is 10.9 Å². The summed E-state index contributed by atoms with van der Waals surface area (Å²) in [4.78, 5) is 16.7. The molecule has 0 fully saturated rings. The summed E-state index contributed by atoms with van der Waals surface area (Å²) in [7, 11) is 0. The van der Waals surface area contributed by atoms with E-state index in [1.54, 1.807) is 6.92 Å². The van der Waals surface area contributed by atoms with E-state index in [2.05, 4.69) is 10.3 Å². The fraction of sp³-hybridized carbons (Fsp3) is 0.158. The first-order valence-electron chi connectivity index (χ1n) is 7.77. The van der Waals surface area contributed by atoms with Crippen LogP contribution in [0.3, 0.4) is 0 Å². The third-order valence-corrected chi connectivity index (χ3v) is 3.69. The number of amides is 1. The molecule has 122 valence electrons. The molecule has 1 aromatic heterocycles. The van der Waals surface area contributed by atoms with E-state index in [4.69, 9.17) is 10.2 Å². The second-order valence-electron chi connectivity index (χ2n) is 5.59. The number of rotatable bonds is 5. The van der Waals surface area contributed by atoms with Crippen LogP contribution in [0.2, 0.25) is 0 Å². The van der Waals surface area contributed by atoms with Crippen molar-refractivity contribution in [1.29, 1.82) is 0 Å². The fourth-order valence-corrected chi connectivity index (χ4v) is 2.46. The third kappa shape index (κ3) is 3.52. The monoisotopic (exact) mass is 321 g/mol. The van der Waals surface area contributed by atoms with Gasteiger partial charge < -0.3 is 15.5 Å². The molecule has 0 saturated heterocycles. The molecule has 0 spiro atoms. The van der Waals surface area contributed by atoms with Crippen molar-refractivity contribution in [1.82, 2.24) is 10.3 Å². The van der Waals surface area contributed by atoms with Crippen molar-refractivity contribution in [2.24, 2.45) is 5.73 Å². The van der Waals surface area contributed by atoms with E-state index in [1.165, 1.54) is 6.26 Å². The highest BCUT2D eigenvalue weighted by molar-refractivity contribution is 5.92. The average molecular weight is 321 g/mol. The van der Waals surface area contributed by atoms with Crippen LogP contribution in [0.15, 0.2) is 71.3 Å². The summed E-state index contributed by atoms with van der Waals surface area (Å²) in [5, 5.41) is 3.02. The van der Waals surface area contributed by atoms with Crippen molar-refractivity contribution in [2.45, 2.75) is 19.0 Å². The summed E-state index contributed by atoms with van der Waals surface area (Å²) < 4.78 is 5.24. The Morgan fingerprint density at radius 1 is 1.04 bits per heavy atom. The Morgan fingerprint density at radius 3 is 2.04 bits per heavy atom. The van der Waals surface area contributed by atoms with Gasteiger partial charge in [0.15, 0.2) is 5.69 Å². The van der Waals surface area contributed by atoms with Crippen molar-refractivity contribution in [3.8, 4) is 0 Å². The van der Waals surface area contributed by atoms with E-state index in [0.717, 1.165) is 11.1 Å². The molecule has 3 rings (SSSR count). The number of benzene rings is 2. The maximum absolute atomic E-state index is 12.6. The Bertz CT molecular complexity index is 758. The average Bonchev–Trinajstić information content (AvgIpc) is 3.11. The van der Waals surface area contributed by atoms with Gasteiger partial charge in [-0.25, -0.2) is 4.98 Å². The van der Waals surface area contributed by atoms with Gasteiger partial charge in [0.25, 0.3) is 5.91 Å². The lowest BCUT2D eigenvalue weighted by Gasteiger charge is -2.19. The second kappa shape index (κ2) is 7.10. The maximum atomic E-state index is 12.6. The van der Waals surface area contributed by atoms with Crippen molar-refractivity contribution < 1.29 is 9.21 Å². The molecule has 0 aliphatic rings. The largest absolute Gasteiger partial charge is 0.446 e. The standard InChI is InChI=1S/C19H19N3O2/c1-13(20)19-21-16(12-24-19)18(23)22-17(14-8-4-2-5-9-14)15-10-6-3-7-11-15/h2-13,17H,20H2,1H3,(H,22,23). The lowest BCUT2D eigenvalue weighted by molar-refractivity contribution is 0.0938. The Hall–Kier alpha value is -2.92. The Labute approximate surface area is 140 Å². The van der Waals surface area contributed by atoms with Gasteiger partial charge in [-0.05, 0) is 18.1 Å². The van der Waals surface area contributed by atoms with E-state index in [1.807, 2.05) is 60.7 Å². The predicted octanol–water partition coefficient (Wildman–Crippen LogP) is 3.21. The topological polar surface area (TPSA) is 81.1 Å². The number of hydrogen-bond donors (Lipinski definition) is 2. The lowest BCUT2D eigenvalue weighted by Crippen LogP contribution is -2.29. The normalized spacial score (nSPS) is 12.1. The van der Waals surface area contributed by atoms with Crippen LogP contribution in [0, 0.1) is 0 Å². The lowest BCUT2D eigenvalue weighted by atomic mass is 9.98. The Kier molecular flexibility index (Phi) is 4.72.